The van der Waals surface area contributed by atoms with Gasteiger partial charge >= 0.3 is 0 Å². The molecule has 0 aromatic carbocycles. The Balaban J connectivity index is 2.07. The predicted molar refractivity (Wildman–Crippen MR) is 76.8 cm³/mol. The first-order valence-corrected chi connectivity index (χ1v) is 7.14. The summed E-state index contributed by atoms with van der Waals surface area (Å²) in [7, 11) is 0. The molecule has 100 valence electrons. The van der Waals surface area contributed by atoms with Gasteiger partial charge in [0.15, 0.2) is 0 Å². The normalized spacial score (nSPS) is 24.3. The van der Waals surface area contributed by atoms with Crippen LogP contribution in [0.2, 0.25) is 0 Å². The topological polar surface area (TPSA) is 28.2 Å². The summed E-state index contributed by atoms with van der Waals surface area (Å²) in [5.74, 6) is 1.99. The Bertz CT molecular complexity index is 378. The highest BCUT2D eigenvalue weighted by molar-refractivity contribution is 5.41. The maximum absolute atomic E-state index is 4.77. The molecule has 0 radical (unpaired) electrons. The van der Waals surface area contributed by atoms with Crippen LogP contribution in [0.1, 0.15) is 39.3 Å². The van der Waals surface area contributed by atoms with E-state index in [1.807, 2.05) is 0 Å². The average molecular weight is 247 g/mol. The van der Waals surface area contributed by atoms with Gasteiger partial charge in [0.2, 0.25) is 0 Å². The van der Waals surface area contributed by atoms with Gasteiger partial charge in [-0.05, 0) is 44.4 Å². The molecule has 2 unspecified atom stereocenters. The average Bonchev–Trinajstić information content (AvgIpc) is 2.36. The number of hydrogen-bond acceptors (Lipinski definition) is 3. The fraction of sp³-hybridized carbons (Fsp3) is 0.667. The molecule has 1 aromatic heterocycles. The van der Waals surface area contributed by atoms with E-state index in [1.54, 1.807) is 0 Å². The maximum atomic E-state index is 4.77. The van der Waals surface area contributed by atoms with Crippen LogP contribution in [0.4, 0.5) is 5.82 Å². The molecule has 1 aliphatic rings. The molecule has 0 aliphatic carbocycles. The number of aromatic nitrogens is 1. The van der Waals surface area contributed by atoms with Gasteiger partial charge in [-0.3, -0.25) is 0 Å². The third-order valence-corrected chi connectivity index (χ3v) is 3.78. The molecular weight excluding hydrogens is 222 g/mol. The molecule has 2 rings (SSSR count). The Morgan fingerprint density at radius 3 is 2.94 bits per heavy atom. The zero-order valence-electron chi connectivity index (χ0n) is 11.8. The van der Waals surface area contributed by atoms with Gasteiger partial charge in [-0.2, -0.15) is 0 Å². The molecule has 0 saturated carbocycles. The summed E-state index contributed by atoms with van der Waals surface area (Å²) in [6.45, 7) is 9.78. The fourth-order valence-electron chi connectivity index (χ4n) is 2.73. The number of nitrogens with zero attached hydrogens (tertiary/aromatic N) is 2. The molecule has 2 atom stereocenters. The summed E-state index contributed by atoms with van der Waals surface area (Å²) in [6, 6.07) is 6.97. The van der Waals surface area contributed by atoms with Gasteiger partial charge in [-0.25, -0.2) is 4.98 Å². The van der Waals surface area contributed by atoms with Crippen LogP contribution < -0.4 is 10.2 Å². The van der Waals surface area contributed by atoms with E-state index in [0.717, 1.165) is 37.1 Å². The highest BCUT2D eigenvalue weighted by Crippen LogP contribution is 2.26. The van der Waals surface area contributed by atoms with Crippen molar-refractivity contribution < 1.29 is 0 Å². The highest BCUT2D eigenvalue weighted by Gasteiger charge is 2.23. The number of pyridine rings is 1. The maximum Gasteiger partial charge on any atom is 0.129 e. The summed E-state index contributed by atoms with van der Waals surface area (Å²) in [5.41, 5.74) is 1.14. The summed E-state index contributed by atoms with van der Waals surface area (Å²) in [5, 5.41) is 3.33. The number of hydrogen-bond donors (Lipinski definition) is 1. The quantitative estimate of drug-likeness (QED) is 0.887. The third-order valence-electron chi connectivity index (χ3n) is 3.78. The van der Waals surface area contributed by atoms with E-state index >= 15 is 0 Å². The molecule has 1 aromatic rings. The minimum absolute atomic E-state index is 0.607. The van der Waals surface area contributed by atoms with E-state index < -0.39 is 0 Å². The van der Waals surface area contributed by atoms with Crippen LogP contribution in [0.5, 0.6) is 0 Å². The second-order valence-corrected chi connectivity index (χ2v) is 5.44. The molecule has 0 bridgehead atoms. The molecule has 1 fully saturated rings. The zero-order chi connectivity index (χ0) is 13.0. The van der Waals surface area contributed by atoms with Crippen LogP contribution in [0.3, 0.4) is 0 Å². The number of rotatable bonds is 4. The second-order valence-electron chi connectivity index (χ2n) is 5.44. The van der Waals surface area contributed by atoms with E-state index in [9.17, 15) is 0 Å². The summed E-state index contributed by atoms with van der Waals surface area (Å²) in [6.07, 6.45) is 2.56. The van der Waals surface area contributed by atoms with Gasteiger partial charge in [0.05, 0.1) is 5.69 Å². The van der Waals surface area contributed by atoms with E-state index in [-0.39, 0.29) is 0 Å². The number of nitrogens with one attached hydrogen (secondary N) is 1. The molecule has 3 nitrogen and oxygen atoms in total. The fourth-order valence-corrected chi connectivity index (χ4v) is 2.73. The monoisotopic (exact) mass is 247 g/mol. The Kier molecular flexibility index (Phi) is 4.59. The van der Waals surface area contributed by atoms with E-state index in [2.05, 4.69) is 49.2 Å². The Labute approximate surface area is 111 Å². The lowest BCUT2D eigenvalue weighted by Crippen LogP contribution is -2.40. The van der Waals surface area contributed by atoms with Gasteiger partial charge in [-0.1, -0.05) is 19.9 Å². The number of piperidine rings is 1. The van der Waals surface area contributed by atoms with Crippen LogP contribution in [-0.4, -0.2) is 24.1 Å². The molecule has 1 aliphatic heterocycles. The van der Waals surface area contributed by atoms with Crippen LogP contribution >= 0.6 is 0 Å². The van der Waals surface area contributed by atoms with Crippen molar-refractivity contribution >= 4 is 5.82 Å². The first-order valence-electron chi connectivity index (χ1n) is 7.14. The van der Waals surface area contributed by atoms with Crippen molar-refractivity contribution in [2.45, 2.75) is 46.2 Å². The standard InChI is InChI=1S/C15H25N3/c1-4-16-11-14-6-5-7-15(17-14)18-9-8-12(2)10-13(18)3/h5-7,12-13,16H,4,8-11H2,1-3H3. The summed E-state index contributed by atoms with van der Waals surface area (Å²) in [4.78, 5) is 7.23. The molecule has 0 spiro atoms. The number of anilines is 1. The summed E-state index contributed by atoms with van der Waals surface area (Å²) < 4.78 is 0. The zero-order valence-corrected chi connectivity index (χ0v) is 11.8. The molecule has 3 heteroatoms. The van der Waals surface area contributed by atoms with Crippen LogP contribution in [0.25, 0.3) is 0 Å². The minimum Gasteiger partial charge on any atom is -0.354 e. The van der Waals surface area contributed by atoms with Gasteiger partial charge in [0, 0.05) is 19.1 Å². The largest absolute Gasteiger partial charge is 0.354 e. The lowest BCUT2D eigenvalue weighted by atomic mass is 9.93. The van der Waals surface area contributed by atoms with Crippen molar-refractivity contribution in [1.82, 2.24) is 10.3 Å². The SMILES string of the molecule is CCNCc1cccc(N2CCC(C)CC2C)n1. The second kappa shape index (κ2) is 6.19. The van der Waals surface area contributed by atoms with Crippen LogP contribution in [0, 0.1) is 5.92 Å². The highest BCUT2D eigenvalue weighted by atomic mass is 15.2. The predicted octanol–water partition coefficient (Wildman–Crippen LogP) is 2.82. The Morgan fingerprint density at radius 2 is 2.22 bits per heavy atom. The minimum atomic E-state index is 0.607. The van der Waals surface area contributed by atoms with E-state index in [4.69, 9.17) is 4.98 Å². The molecule has 2 heterocycles. The van der Waals surface area contributed by atoms with E-state index in [1.165, 1.54) is 12.8 Å². The molecule has 0 amide bonds. The first kappa shape index (κ1) is 13.3. The third kappa shape index (κ3) is 3.22. The molecule has 18 heavy (non-hydrogen) atoms. The lowest BCUT2D eigenvalue weighted by molar-refractivity contribution is 0.376. The lowest BCUT2D eigenvalue weighted by Gasteiger charge is -2.37. The van der Waals surface area contributed by atoms with Gasteiger partial charge < -0.3 is 10.2 Å². The van der Waals surface area contributed by atoms with Crippen molar-refractivity contribution in [1.29, 1.82) is 0 Å². The van der Waals surface area contributed by atoms with Crippen LogP contribution in [0.15, 0.2) is 18.2 Å². The van der Waals surface area contributed by atoms with Crippen molar-refractivity contribution in [3.63, 3.8) is 0 Å². The van der Waals surface area contributed by atoms with Crippen LogP contribution in [-0.2, 0) is 6.54 Å². The Hall–Kier alpha value is -1.09. The van der Waals surface area contributed by atoms with Gasteiger partial charge in [0.25, 0.3) is 0 Å². The molecule has 1 N–H and O–H groups in total. The molecule has 1 saturated heterocycles. The molecular formula is C15H25N3. The Morgan fingerprint density at radius 1 is 1.39 bits per heavy atom. The first-order chi connectivity index (χ1) is 8.70. The van der Waals surface area contributed by atoms with Crippen molar-refractivity contribution in [3.8, 4) is 0 Å². The van der Waals surface area contributed by atoms with E-state index in [0.29, 0.717) is 6.04 Å². The van der Waals surface area contributed by atoms with Crippen molar-refractivity contribution in [2.24, 2.45) is 5.92 Å². The smallest absolute Gasteiger partial charge is 0.129 e. The van der Waals surface area contributed by atoms with Gasteiger partial charge in [-0.15, -0.1) is 0 Å². The van der Waals surface area contributed by atoms with Gasteiger partial charge in [0.1, 0.15) is 5.82 Å². The van der Waals surface area contributed by atoms with Crippen molar-refractivity contribution in [2.75, 3.05) is 18.0 Å². The summed E-state index contributed by atoms with van der Waals surface area (Å²) >= 11 is 0. The van der Waals surface area contributed by atoms with Crippen molar-refractivity contribution in [3.05, 3.63) is 23.9 Å².